The van der Waals surface area contributed by atoms with Gasteiger partial charge in [-0.05, 0) is 18.4 Å². The summed E-state index contributed by atoms with van der Waals surface area (Å²) in [5.41, 5.74) is 0.649. The van der Waals surface area contributed by atoms with Gasteiger partial charge in [-0.1, -0.05) is 15.9 Å². The van der Waals surface area contributed by atoms with Gasteiger partial charge in [0.05, 0.1) is 4.83 Å². The lowest BCUT2D eigenvalue weighted by Gasteiger charge is -2.06. The van der Waals surface area contributed by atoms with Crippen LogP contribution in [0.3, 0.4) is 0 Å². The van der Waals surface area contributed by atoms with Crippen LogP contribution < -0.4 is 0 Å². The summed E-state index contributed by atoms with van der Waals surface area (Å²) in [4.78, 5) is 22.7. The van der Waals surface area contributed by atoms with E-state index in [2.05, 4.69) is 15.9 Å². The molecule has 0 aliphatic rings. The van der Waals surface area contributed by atoms with E-state index in [4.69, 9.17) is 4.74 Å². The first-order valence-electron chi connectivity index (χ1n) is 4.95. The van der Waals surface area contributed by atoms with Gasteiger partial charge in [0.1, 0.15) is 6.61 Å². The third-order valence-electron chi connectivity index (χ3n) is 1.96. The second kappa shape index (κ2) is 6.93. The van der Waals surface area contributed by atoms with E-state index in [1.165, 1.54) is 11.3 Å². The lowest BCUT2D eigenvalue weighted by Crippen LogP contribution is -2.20. The van der Waals surface area contributed by atoms with Crippen molar-refractivity contribution in [3.05, 3.63) is 22.4 Å². The maximum atomic E-state index is 11.8. The Hall–Kier alpha value is -0.520. The first kappa shape index (κ1) is 13.5. The monoisotopic (exact) mass is 304 g/mol. The van der Waals surface area contributed by atoms with Crippen LogP contribution in [0.2, 0.25) is 0 Å². The molecule has 1 aromatic rings. The molecule has 0 N–H and O–H groups in total. The number of ketones is 2. The summed E-state index contributed by atoms with van der Waals surface area (Å²) in [5.74, 6) is -0.113. The van der Waals surface area contributed by atoms with Crippen LogP contribution in [-0.4, -0.2) is 29.6 Å². The zero-order chi connectivity index (χ0) is 12.0. The van der Waals surface area contributed by atoms with E-state index in [0.29, 0.717) is 12.2 Å². The molecule has 0 bridgehead atoms. The van der Waals surface area contributed by atoms with Gasteiger partial charge < -0.3 is 4.74 Å². The number of hydrogen-bond acceptors (Lipinski definition) is 4. The number of thiophene rings is 1. The fraction of sp³-hybridized carbons (Fsp3) is 0.455. The number of alkyl halides is 1. The van der Waals surface area contributed by atoms with E-state index in [0.717, 1.165) is 0 Å². The number of rotatable bonds is 7. The van der Waals surface area contributed by atoms with Crippen LogP contribution in [0.4, 0.5) is 0 Å². The van der Waals surface area contributed by atoms with Crippen LogP contribution in [0.1, 0.15) is 23.7 Å². The fourth-order valence-corrected chi connectivity index (χ4v) is 2.42. The molecule has 0 radical (unpaired) electrons. The van der Waals surface area contributed by atoms with E-state index in [9.17, 15) is 9.59 Å². The molecule has 1 unspecified atom stereocenters. The molecule has 0 fully saturated rings. The molecule has 1 aromatic heterocycles. The normalized spacial score (nSPS) is 12.4. The minimum Gasteiger partial charge on any atom is -0.374 e. The molecule has 0 saturated carbocycles. The van der Waals surface area contributed by atoms with Crippen molar-refractivity contribution in [2.24, 2.45) is 0 Å². The van der Waals surface area contributed by atoms with Crippen molar-refractivity contribution in [1.29, 1.82) is 0 Å². The topological polar surface area (TPSA) is 43.4 Å². The minimum atomic E-state index is -0.449. The van der Waals surface area contributed by atoms with Gasteiger partial charge in [-0.3, -0.25) is 9.59 Å². The summed E-state index contributed by atoms with van der Waals surface area (Å²) < 4.78 is 4.99. The minimum absolute atomic E-state index is 0.0499. The highest BCUT2D eigenvalue weighted by atomic mass is 79.9. The molecule has 1 heterocycles. The predicted octanol–water partition coefficient (Wildman–Crippen LogP) is 2.69. The van der Waals surface area contributed by atoms with Gasteiger partial charge in [0.2, 0.25) is 0 Å². The van der Waals surface area contributed by atoms with Gasteiger partial charge in [-0.2, -0.15) is 11.3 Å². The Labute approximate surface area is 107 Å². The van der Waals surface area contributed by atoms with Gasteiger partial charge in [-0.15, -0.1) is 0 Å². The van der Waals surface area contributed by atoms with Gasteiger partial charge >= 0.3 is 0 Å². The highest BCUT2D eigenvalue weighted by Crippen LogP contribution is 2.16. The first-order chi connectivity index (χ1) is 7.65. The number of hydrogen-bond donors (Lipinski definition) is 0. The van der Waals surface area contributed by atoms with E-state index in [1.54, 1.807) is 11.4 Å². The summed E-state index contributed by atoms with van der Waals surface area (Å²) in [6.45, 7) is 2.42. The molecule has 0 aliphatic carbocycles. The largest absolute Gasteiger partial charge is 0.374 e. The fourth-order valence-electron chi connectivity index (χ4n) is 1.15. The molecule has 3 nitrogen and oxygen atoms in total. The Morgan fingerprint density at radius 3 is 2.88 bits per heavy atom. The molecule has 0 aliphatic heterocycles. The standard InChI is InChI=1S/C11H13BrO3S/c1-2-15-6-9(13)5-10(12)11(14)8-3-4-16-7-8/h3-4,7,10H,2,5-6H2,1H3. The van der Waals surface area contributed by atoms with Gasteiger partial charge in [0.25, 0.3) is 0 Å². The number of carbonyl (C=O) groups is 2. The SMILES string of the molecule is CCOCC(=O)CC(Br)C(=O)c1ccsc1. The Kier molecular flexibility index (Phi) is 5.87. The van der Waals surface area contributed by atoms with Crippen LogP contribution in [0.15, 0.2) is 16.8 Å². The smallest absolute Gasteiger partial charge is 0.177 e. The van der Waals surface area contributed by atoms with Crippen molar-refractivity contribution in [1.82, 2.24) is 0 Å². The maximum Gasteiger partial charge on any atom is 0.177 e. The van der Waals surface area contributed by atoms with Crippen LogP contribution in [-0.2, 0) is 9.53 Å². The van der Waals surface area contributed by atoms with Crippen molar-refractivity contribution >= 4 is 38.8 Å². The molecule has 0 amide bonds. The molecule has 0 saturated heterocycles. The average molecular weight is 305 g/mol. The predicted molar refractivity (Wildman–Crippen MR) is 67.5 cm³/mol. The molecule has 0 aromatic carbocycles. The van der Waals surface area contributed by atoms with Crippen molar-refractivity contribution < 1.29 is 14.3 Å². The van der Waals surface area contributed by atoms with Crippen molar-refractivity contribution in [2.75, 3.05) is 13.2 Å². The molecular weight excluding hydrogens is 292 g/mol. The summed E-state index contributed by atoms with van der Waals surface area (Å²) in [7, 11) is 0. The highest BCUT2D eigenvalue weighted by molar-refractivity contribution is 9.10. The van der Waals surface area contributed by atoms with Crippen LogP contribution in [0.25, 0.3) is 0 Å². The first-order valence-corrected chi connectivity index (χ1v) is 6.81. The molecule has 5 heteroatoms. The number of carbonyl (C=O) groups excluding carboxylic acids is 2. The Morgan fingerprint density at radius 2 is 2.31 bits per heavy atom. The van der Waals surface area contributed by atoms with Crippen molar-refractivity contribution in [3.8, 4) is 0 Å². The molecule has 88 valence electrons. The number of ether oxygens (including phenoxy) is 1. The highest BCUT2D eigenvalue weighted by Gasteiger charge is 2.20. The maximum absolute atomic E-state index is 11.8. The van der Waals surface area contributed by atoms with Crippen LogP contribution in [0.5, 0.6) is 0 Å². The zero-order valence-electron chi connectivity index (χ0n) is 8.94. The molecule has 0 spiro atoms. The Balaban J connectivity index is 2.43. The Morgan fingerprint density at radius 1 is 1.56 bits per heavy atom. The quantitative estimate of drug-likeness (QED) is 0.574. The van der Waals surface area contributed by atoms with E-state index < -0.39 is 4.83 Å². The lowest BCUT2D eigenvalue weighted by atomic mass is 10.1. The summed E-state index contributed by atoms with van der Waals surface area (Å²) in [5, 5.41) is 3.62. The van der Waals surface area contributed by atoms with Crippen molar-refractivity contribution in [2.45, 2.75) is 18.2 Å². The molecular formula is C11H13BrO3S. The number of halogens is 1. The molecule has 1 rings (SSSR count). The van der Waals surface area contributed by atoms with Crippen LogP contribution >= 0.6 is 27.3 Å². The van der Waals surface area contributed by atoms with E-state index >= 15 is 0 Å². The van der Waals surface area contributed by atoms with Gasteiger partial charge in [0, 0.05) is 24.0 Å². The second-order valence-corrected chi connectivity index (χ2v) is 5.11. The average Bonchev–Trinajstić information content (AvgIpc) is 2.78. The lowest BCUT2D eigenvalue weighted by molar-refractivity contribution is -0.123. The summed E-state index contributed by atoms with van der Waals surface area (Å²) in [6.07, 6.45) is 0.175. The summed E-state index contributed by atoms with van der Waals surface area (Å²) >= 11 is 4.70. The molecule has 1 atom stereocenters. The van der Waals surface area contributed by atoms with Crippen molar-refractivity contribution in [3.63, 3.8) is 0 Å². The third-order valence-corrected chi connectivity index (χ3v) is 3.39. The van der Waals surface area contributed by atoms with Gasteiger partial charge in [0.15, 0.2) is 11.6 Å². The van der Waals surface area contributed by atoms with Gasteiger partial charge in [-0.25, -0.2) is 0 Å². The van der Waals surface area contributed by atoms with E-state index in [-0.39, 0.29) is 24.6 Å². The summed E-state index contributed by atoms with van der Waals surface area (Å²) in [6, 6.07) is 1.76. The third kappa shape index (κ3) is 4.15. The number of Topliss-reactive ketones (excluding diaryl/α,β-unsaturated/α-hetero) is 2. The zero-order valence-corrected chi connectivity index (χ0v) is 11.3. The second-order valence-electron chi connectivity index (χ2n) is 3.22. The van der Waals surface area contributed by atoms with Crippen LogP contribution in [0, 0.1) is 0 Å². The molecule has 16 heavy (non-hydrogen) atoms. The van der Waals surface area contributed by atoms with E-state index in [1.807, 2.05) is 12.3 Å². The Bertz CT molecular complexity index is 348.